The number of methoxy groups -OCH3 is 1. The number of aromatic hydroxyl groups is 1. The SMILES string of the molecule is C/C=C(\C)C1C/C=C\C=C/CC[C@@H](OC)[C@@H](CCC)C(=O)N[C@@H](C(C)C)C(=O)N[C@@H](Cc2cccc(O)c2)C(=O)N2CCC[C@H](N2)C(=O)O1.CCCCC[C@H](C)[C@@H](O)C[C@@H]1O[C@@]2(CC[C@H]1C)[C@@H](C)C[C@H](CC)C(=O)N2C. The van der Waals surface area contributed by atoms with E-state index in [1.807, 2.05) is 76.9 Å². The first-order valence-corrected chi connectivity index (χ1v) is 29.0. The summed E-state index contributed by atoms with van der Waals surface area (Å²) in [5.41, 5.74) is 4.13. The lowest BCUT2D eigenvalue weighted by atomic mass is 9.74. The zero-order chi connectivity index (χ0) is 56.1. The standard InChI is InChI=1S/C38H56N4O7.C23H43NO3/c1-7-16-29-33(48-6)21-13-11-9-10-12-20-32(26(5)8-2)49-38(47)30-19-15-22-42(41-30)37(46)31(24-27-17-14-18-28(43)23-27)39-36(45)34(25(3)4)40-35(29)44;1-7-9-10-11-16(3)20(25)15-21-17(4)12-13-23(27-21)18(5)14-19(8-2)22(26)24(23)6/h8-12,14,17-18,23,25,29-34,41,43H,7,13,15-16,19-22,24H2,1-6H3,(H,39,45)(H,40,44);16-21,25H,7-15H2,1-6H3/b11-9-,12-10-,26-8+;/t29-,30+,31+,32?,33-,34+;16-,17+,18-,19-,20-,21-,23-/m10/s1. The van der Waals surface area contributed by atoms with E-state index in [2.05, 4.69) is 50.7 Å². The highest BCUT2D eigenvalue weighted by atomic mass is 16.5. The second-order valence-corrected chi connectivity index (χ2v) is 22.7. The number of hydrazine groups is 1. The fourth-order valence-electron chi connectivity index (χ4n) is 11.4. The Kier molecular flexibility index (Phi) is 26.7. The van der Waals surface area contributed by atoms with Crippen LogP contribution in [0.4, 0.5) is 0 Å². The highest BCUT2D eigenvalue weighted by Crippen LogP contribution is 2.47. The number of fused-ring (bicyclic) bond motifs is 2. The number of rotatable bonds is 15. The average molecular weight is 1060 g/mol. The molecular formula is C61H99N5O10. The van der Waals surface area contributed by atoms with Crippen molar-refractivity contribution >= 4 is 29.6 Å². The fraction of sp³-hybridized carbons (Fsp3) is 0.721. The summed E-state index contributed by atoms with van der Waals surface area (Å²) < 4.78 is 18.5. The lowest BCUT2D eigenvalue weighted by molar-refractivity contribution is -0.260. The molecule has 4 heterocycles. The number of ether oxygens (including phenoxy) is 3. The maximum Gasteiger partial charge on any atom is 0.325 e. The molecule has 0 saturated carbocycles. The highest BCUT2D eigenvalue weighted by Gasteiger charge is 2.53. The van der Waals surface area contributed by atoms with Gasteiger partial charge in [0, 0.05) is 51.8 Å². The molecule has 1 aromatic rings. The van der Waals surface area contributed by atoms with Gasteiger partial charge >= 0.3 is 5.97 Å². The molecule has 13 atom stereocenters. The quantitative estimate of drug-likeness (QED) is 0.0638. The number of amides is 4. The number of nitrogens with one attached hydrogen (secondary N) is 3. The number of unbranched alkanes of at least 4 members (excludes halogenated alkanes) is 2. The zero-order valence-electron chi connectivity index (χ0n) is 48.5. The molecule has 15 heteroatoms. The van der Waals surface area contributed by atoms with E-state index in [4.69, 9.17) is 14.2 Å². The molecular weight excluding hydrogens is 963 g/mol. The van der Waals surface area contributed by atoms with Crippen molar-refractivity contribution in [3.8, 4) is 5.75 Å². The molecule has 0 aliphatic carbocycles. The van der Waals surface area contributed by atoms with Crippen LogP contribution in [-0.2, 0) is 44.6 Å². The smallest absolute Gasteiger partial charge is 0.325 e. The van der Waals surface area contributed by atoms with Crippen LogP contribution in [0, 0.1) is 35.5 Å². The summed E-state index contributed by atoms with van der Waals surface area (Å²) in [5, 5.41) is 28.1. The normalized spacial score (nSPS) is 31.4. The molecule has 3 saturated heterocycles. The van der Waals surface area contributed by atoms with Gasteiger partial charge in [0.15, 0.2) is 0 Å². The molecule has 5 N–H and O–H groups in total. The maximum atomic E-state index is 14.1. The van der Waals surface area contributed by atoms with Gasteiger partial charge in [-0.05, 0) is 119 Å². The van der Waals surface area contributed by atoms with E-state index in [1.54, 1.807) is 25.3 Å². The van der Waals surface area contributed by atoms with Crippen molar-refractivity contribution in [3.05, 3.63) is 65.8 Å². The Balaban J connectivity index is 0.000000389. The van der Waals surface area contributed by atoms with Gasteiger partial charge in [0.1, 0.15) is 35.7 Å². The van der Waals surface area contributed by atoms with Crippen molar-refractivity contribution in [3.63, 3.8) is 0 Å². The van der Waals surface area contributed by atoms with Crippen LogP contribution in [0.25, 0.3) is 0 Å². The number of aliphatic hydroxyl groups excluding tert-OH is 1. The second kappa shape index (κ2) is 31.7. The number of carbonyl (C=O) groups is 5. The molecule has 428 valence electrons. The molecule has 0 aromatic heterocycles. The Hall–Kier alpha value is -4.57. The predicted octanol–water partition coefficient (Wildman–Crippen LogP) is 9.65. The van der Waals surface area contributed by atoms with E-state index in [9.17, 15) is 34.2 Å². The minimum absolute atomic E-state index is 0.0262. The summed E-state index contributed by atoms with van der Waals surface area (Å²) in [6.45, 7) is 20.8. The van der Waals surface area contributed by atoms with Crippen LogP contribution < -0.4 is 16.1 Å². The molecule has 15 nitrogen and oxygen atoms in total. The van der Waals surface area contributed by atoms with E-state index < -0.39 is 53.7 Å². The molecule has 0 radical (unpaired) electrons. The van der Waals surface area contributed by atoms with E-state index in [1.165, 1.54) is 30.3 Å². The first-order chi connectivity index (χ1) is 36.2. The minimum atomic E-state index is -1.05. The van der Waals surface area contributed by atoms with Crippen molar-refractivity contribution in [1.82, 2.24) is 26.0 Å². The lowest BCUT2D eigenvalue weighted by Gasteiger charge is -2.56. The van der Waals surface area contributed by atoms with Crippen molar-refractivity contribution in [2.24, 2.45) is 35.5 Å². The van der Waals surface area contributed by atoms with Crippen LogP contribution >= 0.6 is 0 Å². The summed E-state index contributed by atoms with van der Waals surface area (Å²) in [6.07, 6.45) is 22.0. The van der Waals surface area contributed by atoms with E-state index >= 15 is 0 Å². The molecule has 5 rings (SSSR count). The van der Waals surface area contributed by atoms with Crippen LogP contribution in [-0.4, -0.2) is 119 Å². The number of carbonyl (C=O) groups excluding carboxylic acids is 5. The topological polar surface area (TPSA) is 196 Å². The van der Waals surface area contributed by atoms with Crippen LogP contribution in [0.5, 0.6) is 5.75 Å². The number of likely N-dealkylation sites (tertiary alicyclic amines) is 1. The highest BCUT2D eigenvalue weighted by molar-refractivity contribution is 5.93. The third-order valence-electron chi connectivity index (χ3n) is 16.7. The van der Waals surface area contributed by atoms with Crippen LogP contribution in [0.2, 0.25) is 0 Å². The third-order valence-corrected chi connectivity index (χ3v) is 16.7. The number of benzene rings is 1. The summed E-state index contributed by atoms with van der Waals surface area (Å²) >= 11 is 0. The summed E-state index contributed by atoms with van der Waals surface area (Å²) in [5.74, 6) is -0.971. The largest absolute Gasteiger partial charge is 0.508 e. The average Bonchev–Trinajstić information content (AvgIpc) is 3.40. The zero-order valence-corrected chi connectivity index (χ0v) is 48.5. The predicted molar refractivity (Wildman–Crippen MR) is 299 cm³/mol. The Morgan fingerprint density at radius 2 is 1.70 bits per heavy atom. The van der Waals surface area contributed by atoms with Gasteiger partial charge in [-0.15, -0.1) is 0 Å². The van der Waals surface area contributed by atoms with Crippen molar-refractivity contribution in [2.45, 2.75) is 227 Å². The van der Waals surface area contributed by atoms with Crippen LogP contribution in [0.15, 0.2) is 60.2 Å². The Bertz CT molecular complexity index is 2090. The van der Waals surface area contributed by atoms with Gasteiger partial charge in [0.05, 0.1) is 24.2 Å². The first-order valence-electron chi connectivity index (χ1n) is 29.0. The number of allylic oxidation sites excluding steroid dienone is 4. The van der Waals surface area contributed by atoms with Gasteiger partial charge in [-0.3, -0.25) is 29.0 Å². The number of aliphatic hydroxyl groups is 1. The molecule has 4 aliphatic heterocycles. The molecule has 76 heavy (non-hydrogen) atoms. The Labute approximate surface area is 456 Å². The van der Waals surface area contributed by atoms with Crippen molar-refractivity contribution in [1.29, 1.82) is 0 Å². The number of nitrogens with zero attached hydrogens (tertiary/aromatic N) is 2. The van der Waals surface area contributed by atoms with E-state index in [-0.39, 0.29) is 54.1 Å². The summed E-state index contributed by atoms with van der Waals surface area (Å²) in [4.78, 5) is 70.0. The number of phenols is 1. The number of cyclic esters (lactones) is 1. The number of piperidine rings is 1. The summed E-state index contributed by atoms with van der Waals surface area (Å²) in [6, 6.07) is 3.78. The Morgan fingerprint density at radius 1 is 0.961 bits per heavy atom. The molecule has 1 spiro atoms. The lowest BCUT2D eigenvalue weighted by Crippen LogP contribution is -2.64. The molecule has 3 fully saturated rings. The van der Waals surface area contributed by atoms with Gasteiger partial charge in [0.2, 0.25) is 17.7 Å². The van der Waals surface area contributed by atoms with E-state index in [0.29, 0.717) is 74.8 Å². The molecule has 4 aliphatic rings. The molecule has 2 bridgehead atoms. The third kappa shape index (κ3) is 18.0. The van der Waals surface area contributed by atoms with Gasteiger partial charge in [-0.25, -0.2) is 5.43 Å². The van der Waals surface area contributed by atoms with Gasteiger partial charge in [-0.1, -0.05) is 124 Å². The minimum Gasteiger partial charge on any atom is -0.508 e. The van der Waals surface area contributed by atoms with Gasteiger partial charge < -0.3 is 40.0 Å². The van der Waals surface area contributed by atoms with Crippen LogP contribution in [0.3, 0.4) is 0 Å². The molecule has 1 unspecified atom stereocenters. The maximum absolute atomic E-state index is 14.1. The second-order valence-electron chi connectivity index (χ2n) is 22.7. The number of phenolic OH excluding ortho intramolecular Hbond substituents is 1. The first kappa shape index (κ1) is 64.0. The molecule has 1 aromatic carbocycles. The number of hydrogen-bond acceptors (Lipinski definition) is 11. The Morgan fingerprint density at radius 3 is 2.36 bits per heavy atom. The van der Waals surface area contributed by atoms with Gasteiger partial charge in [0.25, 0.3) is 5.91 Å². The van der Waals surface area contributed by atoms with Crippen molar-refractivity contribution in [2.75, 3.05) is 20.7 Å². The van der Waals surface area contributed by atoms with Gasteiger partial charge in [-0.2, -0.15) is 0 Å². The monoisotopic (exact) mass is 1060 g/mol. The van der Waals surface area contributed by atoms with Crippen molar-refractivity contribution < 1.29 is 48.4 Å². The van der Waals surface area contributed by atoms with Crippen LogP contribution in [0.1, 0.15) is 178 Å². The fourth-order valence-corrected chi connectivity index (χ4v) is 11.4. The number of hydrogen-bond donors (Lipinski definition) is 5. The number of esters is 1. The van der Waals surface area contributed by atoms with E-state index in [0.717, 1.165) is 44.1 Å². The summed E-state index contributed by atoms with van der Waals surface area (Å²) in [7, 11) is 3.53. The molecule has 4 amide bonds.